The van der Waals surface area contributed by atoms with Crippen molar-refractivity contribution in [3.63, 3.8) is 0 Å². The van der Waals surface area contributed by atoms with Crippen LogP contribution in [0.15, 0.2) is 22.8 Å². The van der Waals surface area contributed by atoms with Gasteiger partial charge in [-0.05, 0) is 27.6 Å². The molecule has 0 aromatic carbocycles. The van der Waals surface area contributed by atoms with Gasteiger partial charge in [0.25, 0.3) is 0 Å². The van der Waals surface area contributed by atoms with Gasteiger partial charge in [0, 0.05) is 10.7 Å². The van der Waals surface area contributed by atoms with Crippen molar-refractivity contribution in [3.05, 3.63) is 22.8 Å². The molecule has 0 amide bonds. The summed E-state index contributed by atoms with van der Waals surface area (Å²) in [5.74, 6) is 0. The normalized spacial score (nSPS) is 9.12. The molecule has 0 bridgehead atoms. The molecule has 8 heavy (non-hydrogen) atoms. The van der Waals surface area contributed by atoms with E-state index in [2.05, 4.69) is 20.9 Å². The van der Waals surface area contributed by atoms with Crippen molar-refractivity contribution in [2.75, 3.05) is 0 Å². The Morgan fingerprint density at radius 1 is 1.50 bits per heavy atom. The van der Waals surface area contributed by atoms with Crippen LogP contribution in [0.4, 0.5) is 0 Å². The van der Waals surface area contributed by atoms with Gasteiger partial charge in [0.1, 0.15) is 7.85 Å². The van der Waals surface area contributed by atoms with Gasteiger partial charge < -0.3 is 0 Å². The van der Waals surface area contributed by atoms with E-state index in [1.165, 1.54) is 0 Å². The fourth-order valence-corrected chi connectivity index (χ4v) is 0.622. The molecular formula is C5H3BBrN. The highest BCUT2D eigenvalue weighted by Crippen LogP contribution is 2.02. The summed E-state index contributed by atoms with van der Waals surface area (Å²) in [6.07, 6.45) is 1.66. The number of aromatic nitrogens is 1. The molecule has 2 radical (unpaired) electrons. The van der Waals surface area contributed by atoms with Crippen molar-refractivity contribution in [1.29, 1.82) is 0 Å². The van der Waals surface area contributed by atoms with E-state index in [0.717, 1.165) is 4.47 Å². The fourth-order valence-electron chi connectivity index (χ4n) is 0.387. The largest absolute Gasteiger partial charge is 0.272 e. The summed E-state index contributed by atoms with van der Waals surface area (Å²) in [7, 11) is 5.29. The smallest absolute Gasteiger partial charge is 0.141 e. The van der Waals surface area contributed by atoms with E-state index in [-0.39, 0.29) is 0 Å². The van der Waals surface area contributed by atoms with Gasteiger partial charge in [-0.1, -0.05) is 6.07 Å². The molecule has 0 N–H and O–H groups in total. The highest BCUT2D eigenvalue weighted by atomic mass is 79.9. The Morgan fingerprint density at radius 2 is 2.25 bits per heavy atom. The number of halogens is 1. The number of nitrogens with zero attached hydrogens (tertiary/aromatic N) is 1. The molecular weight excluding hydrogens is 165 g/mol. The first kappa shape index (κ1) is 5.82. The van der Waals surface area contributed by atoms with Gasteiger partial charge in [0.05, 0.1) is 0 Å². The van der Waals surface area contributed by atoms with Crippen LogP contribution in [0.3, 0.4) is 0 Å². The highest BCUT2D eigenvalue weighted by Gasteiger charge is 1.82. The Balaban J connectivity index is 3.03. The summed E-state index contributed by atoms with van der Waals surface area (Å²) in [6, 6.07) is 3.59. The van der Waals surface area contributed by atoms with Crippen molar-refractivity contribution in [1.82, 2.24) is 4.98 Å². The summed E-state index contributed by atoms with van der Waals surface area (Å²) in [5.41, 5.74) is 0.549. The maximum atomic E-state index is 5.29. The van der Waals surface area contributed by atoms with Crippen molar-refractivity contribution in [2.24, 2.45) is 0 Å². The molecule has 0 fully saturated rings. The molecule has 0 saturated heterocycles. The lowest BCUT2D eigenvalue weighted by Crippen LogP contribution is -2.04. The van der Waals surface area contributed by atoms with Crippen LogP contribution in [0.1, 0.15) is 0 Å². The Bertz CT molecular complexity index is 151. The number of pyridine rings is 1. The van der Waals surface area contributed by atoms with Crippen molar-refractivity contribution in [3.8, 4) is 0 Å². The summed E-state index contributed by atoms with van der Waals surface area (Å²) in [6.45, 7) is 0. The molecule has 1 nitrogen and oxygen atoms in total. The Labute approximate surface area is 57.7 Å². The van der Waals surface area contributed by atoms with Gasteiger partial charge >= 0.3 is 0 Å². The third-order valence-electron chi connectivity index (χ3n) is 0.750. The molecule has 0 aliphatic rings. The molecule has 1 aromatic heterocycles. The Morgan fingerprint density at radius 3 is 2.62 bits per heavy atom. The minimum Gasteiger partial charge on any atom is -0.272 e. The van der Waals surface area contributed by atoms with Gasteiger partial charge in [-0.25, -0.2) is 0 Å². The van der Waals surface area contributed by atoms with Crippen molar-refractivity contribution in [2.45, 2.75) is 0 Å². The molecule has 0 saturated carbocycles. The van der Waals surface area contributed by atoms with Crippen LogP contribution >= 0.6 is 15.9 Å². The average molecular weight is 168 g/mol. The van der Waals surface area contributed by atoms with E-state index < -0.39 is 0 Å². The first-order valence-electron chi connectivity index (χ1n) is 2.16. The fraction of sp³-hybridized carbons (Fsp3) is 0. The third-order valence-corrected chi connectivity index (χ3v) is 1.22. The molecule has 0 spiro atoms. The minimum absolute atomic E-state index is 0.549. The van der Waals surface area contributed by atoms with Crippen LogP contribution in [0.5, 0.6) is 0 Å². The van der Waals surface area contributed by atoms with Crippen molar-refractivity contribution >= 4 is 29.4 Å². The van der Waals surface area contributed by atoms with Crippen LogP contribution in [0, 0.1) is 0 Å². The van der Waals surface area contributed by atoms with Crippen molar-refractivity contribution < 1.29 is 0 Å². The number of hydrogen-bond acceptors (Lipinski definition) is 1. The predicted octanol–water partition coefficient (Wildman–Crippen LogP) is 0.638. The van der Waals surface area contributed by atoms with Crippen LogP contribution in [-0.4, -0.2) is 12.8 Å². The lowest BCUT2D eigenvalue weighted by atomic mass is 10.1. The van der Waals surface area contributed by atoms with Gasteiger partial charge in [0.2, 0.25) is 0 Å². The Kier molecular flexibility index (Phi) is 1.68. The Hall–Kier alpha value is -0.305. The van der Waals surface area contributed by atoms with Gasteiger partial charge in [-0.2, -0.15) is 0 Å². The standard InChI is InChI=1S/C5H3BBrN/c6-5-2-1-4(7)3-8-5/h1-3H. The summed E-state index contributed by atoms with van der Waals surface area (Å²) >= 11 is 3.23. The second kappa shape index (κ2) is 2.31. The maximum absolute atomic E-state index is 5.29. The van der Waals surface area contributed by atoms with E-state index in [1.54, 1.807) is 12.3 Å². The number of hydrogen-bond donors (Lipinski definition) is 0. The summed E-state index contributed by atoms with van der Waals surface area (Å²) in [4.78, 5) is 3.81. The van der Waals surface area contributed by atoms with Gasteiger partial charge in [-0.3, -0.25) is 4.98 Å². The van der Waals surface area contributed by atoms with E-state index in [4.69, 9.17) is 7.85 Å². The first-order chi connectivity index (χ1) is 3.79. The number of rotatable bonds is 0. The SMILES string of the molecule is [B]c1ccc(Br)cn1. The average Bonchev–Trinajstić information content (AvgIpc) is 1.77. The monoisotopic (exact) mass is 167 g/mol. The molecule has 0 aliphatic heterocycles. The van der Waals surface area contributed by atoms with Gasteiger partial charge in [0.15, 0.2) is 0 Å². The minimum atomic E-state index is 0.549. The zero-order valence-corrected chi connectivity index (χ0v) is 5.72. The van der Waals surface area contributed by atoms with Crippen LogP contribution in [0.25, 0.3) is 0 Å². The molecule has 0 aliphatic carbocycles. The lowest BCUT2D eigenvalue weighted by molar-refractivity contribution is 1.37. The zero-order valence-electron chi connectivity index (χ0n) is 4.13. The molecule has 0 atom stereocenters. The van der Waals surface area contributed by atoms with E-state index in [0.29, 0.717) is 5.59 Å². The van der Waals surface area contributed by atoms with Gasteiger partial charge in [-0.15, -0.1) is 0 Å². The quantitative estimate of drug-likeness (QED) is 0.517. The molecule has 1 heterocycles. The van der Waals surface area contributed by atoms with Crippen LogP contribution < -0.4 is 5.59 Å². The highest BCUT2D eigenvalue weighted by molar-refractivity contribution is 9.10. The first-order valence-corrected chi connectivity index (χ1v) is 2.95. The second-order valence-corrected chi connectivity index (χ2v) is 2.32. The molecule has 1 aromatic rings. The topological polar surface area (TPSA) is 12.9 Å². The van der Waals surface area contributed by atoms with E-state index >= 15 is 0 Å². The lowest BCUT2D eigenvalue weighted by Gasteiger charge is -1.88. The second-order valence-electron chi connectivity index (χ2n) is 1.40. The molecule has 3 heteroatoms. The van der Waals surface area contributed by atoms with Crippen LogP contribution in [0.2, 0.25) is 0 Å². The molecule has 38 valence electrons. The van der Waals surface area contributed by atoms with E-state index in [9.17, 15) is 0 Å². The molecule has 0 unspecified atom stereocenters. The zero-order chi connectivity index (χ0) is 5.98. The summed E-state index contributed by atoms with van der Waals surface area (Å²) in [5, 5.41) is 0. The van der Waals surface area contributed by atoms with E-state index in [1.807, 2.05) is 6.07 Å². The third kappa shape index (κ3) is 1.34. The predicted molar refractivity (Wildman–Crippen MR) is 37.3 cm³/mol. The molecule has 1 rings (SSSR count). The van der Waals surface area contributed by atoms with Crippen LogP contribution in [-0.2, 0) is 0 Å². The summed E-state index contributed by atoms with van der Waals surface area (Å²) < 4.78 is 0.951. The maximum Gasteiger partial charge on any atom is 0.141 e.